The number of carbonyl (C=O) groups is 2. The van der Waals surface area contributed by atoms with Gasteiger partial charge in [-0.05, 0) is 38.3 Å². The van der Waals surface area contributed by atoms with Crippen molar-refractivity contribution in [2.45, 2.75) is 39.3 Å². The predicted molar refractivity (Wildman–Crippen MR) is 106 cm³/mol. The minimum Gasteiger partial charge on any atom is -0.369 e. The molecule has 27 heavy (non-hydrogen) atoms. The van der Waals surface area contributed by atoms with E-state index in [4.69, 9.17) is 5.73 Å². The fraction of sp³-hybridized carbons (Fsp3) is 0.429. The zero-order valence-corrected chi connectivity index (χ0v) is 16.1. The Morgan fingerprint density at radius 1 is 1.15 bits per heavy atom. The van der Waals surface area contributed by atoms with Crippen LogP contribution in [0.15, 0.2) is 36.4 Å². The molecule has 2 amide bonds. The molecule has 0 unspecified atom stereocenters. The highest BCUT2D eigenvalue weighted by Gasteiger charge is 2.23. The Labute approximate surface area is 160 Å². The van der Waals surface area contributed by atoms with Crippen LogP contribution in [-0.2, 0) is 11.3 Å². The van der Waals surface area contributed by atoms with Crippen molar-refractivity contribution >= 4 is 11.8 Å². The first-order valence-electron chi connectivity index (χ1n) is 9.46. The van der Waals surface area contributed by atoms with Crippen LogP contribution in [0.1, 0.15) is 40.2 Å². The van der Waals surface area contributed by atoms with Gasteiger partial charge < -0.3 is 15.6 Å². The van der Waals surface area contributed by atoms with Crippen molar-refractivity contribution in [3.8, 4) is 0 Å². The third-order valence-electron chi connectivity index (χ3n) is 5.30. The Hall–Kier alpha value is -2.60. The smallest absolute Gasteiger partial charge is 0.253 e. The zero-order valence-electron chi connectivity index (χ0n) is 16.1. The molecule has 1 aliphatic heterocycles. The highest BCUT2D eigenvalue weighted by atomic mass is 16.2. The number of likely N-dealkylation sites (tertiary alicyclic amines) is 1. The first-order chi connectivity index (χ1) is 12.9. The van der Waals surface area contributed by atoms with E-state index in [1.165, 1.54) is 5.56 Å². The Balaban J connectivity index is 1.62. The summed E-state index contributed by atoms with van der Waals surface area (Å²) in [6.45, 7) is 6.65. The van der Waals surface area contributed by atoms with E-state index in [1.807, 2.05) is 43.0 Å². The van der Waals surface area contributed by atoms with E-state index in [0.717, 1.165) is 49.4 Å². The standard InChI is InChI=1S/C21H28N4O2/c1-15-12-19(16(2)25(15)13-17-6-4-3-5-7-17)21(27)23-18-8-10-24(11-9-18)14-20(22)26/h3-7,12,18H,8-11,13-14H2,1-2H3,(H2,22,26)(H,23,27). The number of benzene rings is 1. The van der Waals surface area contributed by atoms with Gasteiger partial charge in [0.15, 0.2) is 0 Å². The number of amides is 2. The second kappa shape index (κ2) is 8.39. The largest absolute Gasteiger partial charge is 0.369 e. The quantitative estimate of drug-likeness (QED) is 0.816. The van der Waals surface area contributed by atoms with Crippen molar-refractivity contribution in [3.05, 3.63) is 58.9 Å². The normalized spacial score (nSPS) is 15.6. The van der Waals surface area contributed by atoms with Crippen molar-refractivity contribution in [2.75, 3.05) is 19.6 Å². The summed E-state index contributed by atoms with van der Waals surface area (Å²) in [6.07, 6.45) is 1.67. The molecule has 2 heterocycles. The van der Waals surface area contributed by atoms with Crippen molar-refractivity contribution in [1.82, 2.24) is 14.8 Å². The Bertz CT molecular complexity index is 805. The van der Waals surface area contributed by atoms with Crippen LogP contribution in [-0.4, -0.2) is 47.0 Å². The molecule has 0 aliphatic carbocycles. The number of nitrogens with one attached hydrogen (secondary N) is 1. The number of hydrogen-bond acceptors (Lipinski definition) is 3. The molecule has 6 heteroatoms. The van der Waals surface area contributed by atoms with Crippen LogP contribution in [0.3, 0.4) is 0 Å². The van der Waals surface area contributed by atoms with E-state index in [1.54, 1.807) is 0 Å². The summed E-state index contributed by atoms with van der Waals surface area (Å²) in [5.41, 5.74) is 9.27. The Kier molecular flexibility index (Phi) is 5.96. The minimum absolute atomic E-state index is 0.0178. The lowest BCUT2D eigenvalue weighted by Crippen LogP contribution is -2.46. The second-order valence-electron chi connectivity index (χ2n) is 7.35. The van der Waals surface area contributed by atoms with Crippen LogP contribution in [0.2, 0.25) is 0 Å². The van der Waals surface area contributed by atoms with Crippen molar-refractivity contribution in [2.24, 2.45) is 5.73 Å². The van der Waals surface area contributed by atoms with Crippen LogP contribution in [0.4, 0.5) is 0 Å². The van der Waals surface area contributed by atoms with Gasteiger partial charge in [0.1, 0.15) is 0 Å². The van der Waals surface area contributed by atoms with Gasteiger partial charge in [0.05, 0.1) is 12.1 Å². The maximum atomic E-state index is 12.8. The first-order valence-corrected chi connectivity index (χ1v) is 9.46. The van der Waals surface area contributed by atoms with Crippen LogP contribution >= 0.6 is 0 Å². The van der Waals surface area contributed by atoms with Gasteiger partial charge >= 0.3 is 0 Å². The number of carbonyl (C=O) groups excluding carboxylic acids is 2. The molecule has 1 aliphatic rings. The zero-order chi connectivity index (χ0) is 19.4. The summed E-state index contributed by atoms with van der Waals surface area (Å²) in [5, 5.41) is 3.16. The molecule has 1 aromatic carbocycles. The molecule has 1 aromatic heterocycles. The van der Waals surface area contributed by atoms with Gasteiger partial charge in [0, 0.05) is 37.1 Å². The average Bonchev–Trinajstić information content (AvgIpc) is 2.92. The van der Waals surface area contributed by atoms with Gasteiger partial charge in [-0.25, -0.2) is 0 Å². The fourth-order valence-electron chi connectivity index (χ4n) is 3.76. The molecule has 2 aromatic rings. The monoisotopic (exact) mass is 368 g/mol. The number of primary amides is 1. The summed E-state index contributed by atoms with van der Waals surface area (Å²) in [4.78, 5) is 25.9. The maximum absolute atomic E-state index is 12.8. The molecule has 3 N–H and O–H groups in total. The van der Waals surface area contributed by atoms with Gasteiger partial charge in [0.25, 0.3) is 5.91 Å². The molecule has 0 radical (unpaired) electrons. The SMILES string of the molecule is Cc1cc(C(=O)NC2CCN(CC(N)=O)CC2)c(C)n1Cc1ccccc1. The lowest BCUT2D eigenvalue weighted by atomic mass is 10.0. The van der Waals surface area contributed by atoms with Crippen LogP contribution in [0.5, 0.6) is 0 Å². The molecule has 0 saturated carbocycles. The number of nitrogens with two attached hydrogens (primary N) is 1. The average molecular weight is 368 g/mol. The second-order valence-corrected chi connectivity index (χ2v) is 7.35. The van der Waals surface area contributed by atoms with Gasteiger partial charge in [-0.3, -0.25) is 14.5 Å². The number of aryl methyl sites for hydroxylation is 1. The minimum atomic E-state index is -0.302. The topological polar surface area (TPSA) is 80.4 Å². The van der Waals surface area contributed by atoms with Gasteiger partial charge in [-0.15, -0.1) is 0 Å². The highest BCUT2D eigenvalue weighted by molar-refractivity contribution is 5.95. The van der Waals surface area contributed by atoms with E-state index in [9.17, 15) is 9.59 Å². The summed E-state index contributed by atoms with van der Waals surface area (Å²) in [5.74, 6) is -0.320. The summed E-state index contributed by atoms with van der Waals surface area (Å²) in [7, 11) is 0. The molecule has 3 rings (SSSR count). The third kappa shape index (κ3) is 4.77. The number of piperidine rings is 1. The molecule has 1 saturated heterocycles. The predicted octanol–water partition coefficient (Wildman–Crippen LogP) is 1.83. The summed E-state index contributed by atoms with van der Waals surface area (Å²) < 4.78 is 2.18. The number of hydrogen-bond donors (Lipinski definition) is 2. The van der Waals surface area contributed by atoms with Crippen LogP contribution in [0.25, 0.3) is 0 Å². The van der Waals surface area contributed by atoms with Crippen molar-refractivity contribution < 1.29 is 9.59 Å². The molecular formula is C21H28N4O2. The molecule has 0 bridgehead atoms. The fourth-order valence-corrected chi connectivity index (χ4v) is 3.76. The van der Waals surface area contributed by atoms with Crippen LogP contribution < -0.4 is 11.1 Å². The molecule has 1 fully saturated rings. The van der Waals surface area contributed by atoms with Crippen molar-refractivity contribution in [1.29, 1.82) is 0 Å². The van der Waals surface area contributed by atoms with E-state index in [2.05, 4.69) is 22.0 Å². The van der Waals surface area contributed by atoms with Crippen LogP contribution in [0, 0.1) is 13.8 Å². The third-order valence-corrected chi connectivity index (χ3v) is 5.30. The molecule has 0 atom stereocenters. The van der Waals surface area contributed by atoms with E-state index in [-0.39, 0.29) is 17.9 Å². The van der Waals surface area contributed by atoms with E-state index < -0.39 is 0 Å². The lowest BCUT2D eigenvalue weighted by Gasteiger charge is -2.31. The van der Waals surface area contributed by atoms with Gasteiger partial charge in [0.2, 0.25) is 5.91 Å². The molecule has 144 valence electrons. The van der Waals surface area contributed by atoms with Gasteiger partial charge in [-0.1, -0.05) is 30.3 Å². The number of aromatic nitrogens is 1. The number of rotatable bonds is 6. The lowest BCUT2D eigenvalue weighted by molar-refractivity contribution is -0.119. The Morgan fingerprint density at radius 2 is 1.81 bits per heavy atom. The van der Waals surface area contributed by atoms with E-state index >= 15 is 0 Å². The van der Waals surface area contributed by atoms with Gasteiger partial charge in [-0.2, -0.15) is 0 Å². The molecule has 6 nitrogen and oxygen atoms in total. The highest BCUT2D eigenvalue weighted by Crippen LogP contribution is 2.18. The summed E-state index contributed by atoms with van der Waals surface area (Å²) in [6, 6.07) is 12.4. The molecule has 0 spiro atoms. The van der Waals surface area contributed by atoms with E-state index in [0.29, 0.717) is 6.54 Å². The van der Waals surface area contributed by atoms with Crippen molar-refractivity contribution in [3.63, 3.8) is 0 Å². The molecular weight excluding hydrogens is 340 g/mol. The maximum Gasteiger partial charge on any atom is 0.253 e. The first kappa shape index (κ1) is 19.2. The number of nitrogens with zero attached hydrogens (tertiary/aromatic N) is 2. The Morgan fingerprint density at radius 3 is 2.44 bits per heavy atom. The summed E-state index contributed by atoms with van der Waals surface area (Å²) >= 11 is 0.